The van der Waals surface area contributed by atoms with E-state index in [1.807, 2.05) is 4.90 Å². The Morgan fingerprint density at radius 2 is 1.83 bits per heavy atom. The maximum atomic E-state index is 12.7. The van der Waals surface area contributed by atoms with Gasteiger partial charge in [0.15, 0.2) is 0 Å². The van der Waals surface area contributed by atoms with Crippen LogP contribution < -0.4 is 11.1 Å². The van der Waals surface area contributed by atoms with Gasteiger partial charge in [0.25, 0.3) is 0 Å². The van der Waals surface area contributed by atoms with Gasteiger partial charge in [0.05, 0.1) is 5.54 Å². The Bertz CT molecular complexity index is 325. The topological polar surface area (TPSA) is 58.4 Å². The average Bonchev–Trinajstić information content (AvgIpc) is 2.69. The Morgan fingerprint density at radius 1 is 1.11 bits per heavy atom. The van der Waals surface area contributed by atoms with Crippen molar-refractivity contribution in [2.45, 2.75) is 69.0 Å². The number of nitrogens with zero attached hydrogens (tertiary/aromatic N) is 1. The van der Waals surface area contributed by atoms with Crippen LogP contribution in [0.5, 0.6) is 0 Å². The molecular weight excluding hydrogens is 226 g/mol. The normalized spacial score (nSPS) is 35.3. The van der Waals surface area contributed by atoms with Gasteiger partial charge in [-0.25, -0.2) is 0 Å². The minimum absolute atomic E-state index is 0.219. The number of amides is 1. The largest absolute Gasteiger partial charge is 0.339 e. The molecule has 3 rings (SSSR count). The van der Waals surface area contributed by atoms with E-state index in [9.17, 15) is 4.79 Å². The fraction of sp³-hybridized carbons (Fsp3) is 0.929. The highest BCUT2D eigenvalue weighted by Gasteiger charge is 2.40. The summed E-state index contributed by atoms with van der Waals surface area (Å²) in [5.41, 5.74) is 5.82. The first-order valence-electron chi connectivity index (χ1n) is 7.52. The van der Waals surface area contributed by atoms with Crippen molar-refractivity contribution in [2.75, 3.05) is 13.1 Å². The van der Waals surface area contributed by atoms with E-state index in [1.165, 1.54) is 19.3 Å². The Balaban J connectivity index is 1.68. The zero-order valence-corrected chi connectivity index (χ0v) is 11.2. The number of rotatable bonds is 1. The molecule has 2 bridgehead atoms. The quantitative estimate of drug-likeness (QED) is 0.731. The van der Waals surface area contributed by atoms with Crippen molar-refractivity contribution in [3.63, 3.8) is 0 Å². The highest BCUT2D eigenvalue weighted by molar-refractivity contribution is 5.86. The highest BCUT2D eigenvalue weighted by atomic mass is 16.2. The summed E-state index contributed by atoms with van der Waals surface area (Å²) in [5, 5.41) is 3.62. The monoisotopic (exact) mass is 251 g/mol. The summed E-state index contributed by atoms with van der Waals surface area (Å²) in [6.45, 7) is 1.76. The first kappa shape index (κ1) is 12.4. The lowest BCUT2D eigenvalue weighted by Gasteiger charge is -2.37. The molecule has 2 unspecified atom stereocenters. The van der Waals surface area contributed by atoms with Crippen LogP contribution in [-0.2, 0) is 4.79 Å². The van der Waals surface area contributed by atoms with E-state index in [-0.39, 0.29) is 5.91 Å². The van der Waals surface area contributed by atoms with Gasteiger partial charge in [-0.15, -0.1) is 0 Å². The molecule has 3 fully saturated rings. The molecule has 102 valence electrons. The van der Waals surface area contributed by atoms with E-state index in [0.717, 1.165) is 45.2 Å². The van der Waals surface area contributed by atoms with Crippen molar-refractivity contribution in [2.24, 2.45) is 5.73 Å². The molecule has 0 radical (unpaired) electrons. The van der Waals surface area contributed by atoms with Crippen LogP contribution >= 0.6 is 0 Å². The van der Waals surface area contributed by atoms with E-state index in [0.29, 0.717) is 12.1 Å². The van der Waals surface area contributed by atoms with Crippen molar-refractivity contribution in [3.8, 4) is 0 Å². The number of carbonyl (C=O) groups excluding carboxylic acids is 1. The third-order valence-electron chi connectivity index (χ3n) is 4.98. The minimum Gasteiger partial charge on any atom is -0.339 e. The van der Waals surface area contributed by atoms with Gasteiger partial charge in [-0.1, -0.05) is 19.3 Å². The summed E-state index contributed by atoms with van der Waals surface area (Å²) in [6.07, 6.45) is 8.80. The summed E-state index contributed by atoms with van der Waals surface area (Å²) in [4.78, 5) is 14.7. The molecule has 1 saturated carbocycles. The van der Waals surface area contributed by atoms with Crippen molar-refractivity contribution in [1.29, 1.82) is 0 Å². The predicted octanol–water partition coefficient (Wildman–Crippen LogP) is 1.00. The Morgan fingerprint density at radius 3 is 2.61 bits per heavy atom. The fourth-order valence-electron chi connectivity index (χ4n) is 3.84. The van der Waals surface area contributed by atoms with E-state index < -0.39 is 5.54 Å². The Hall–Kier alpha value is -0.610. The predicted molar refractivity (Wildman–Crippen MR) is 71.1 cm³/mol. The van der Waals surface area contributed by atoms with E-state index >= 15 is 0 Å². The van der Waals surface area contributed by atoms with Crippen molar-refractivity contribution < 1.29 is 4.79 Å². The molecule has 3 aliphatic rings. The maximum Gasteiger partial charge on any atom is 0.242 e. The molecule has 4 nitrogen and oxygen atoms in total. The van der Waals surface area contributed by atoms with Crippen LogP contribution in [-0.4, -0.2) is 41.5 Å². The summed E-state index contributed by atoms with van der Waals surface area (Å²) < 4.78 is 0. The summed E-state index contributed by atoms with van der Waals surface area (Å²) >= 11 is 0. The van der Waals surface area contributed by atoms with Crippen molar-refractivity contribution in [3.05, 3.63) is 0 Å². The number of hydrogen-bond donors (Lipinski definition) is 2. The number of likely N-dealkylation sites (tertiary alicyclic amines) is 1. The Labute approximate surface area is 109 Å². The number of nitrogens with two attached hydrogens (primary N) is 1. The van der Waals surface area contributed by atoms with E-state index in [2.05, 4.69) is 5.32 Å². The molecule has 4 heteroatoms. The van der Waals surface area contributed by atoms with E-state index in [1.54, 1.807) is 0 Å². The second-order valence-electron chi connectivity index (χ2n) is 6.39. The number of nitrogens with one attached hydrogen (secondary N) is 1. The van der Waals surface area contributed by atoms with Gasteiger partial charge in [0, 0.05) is 25.2 Å². The first-order chi connectivity index (χ1) is 8.67. The molecule has 0 aromatic rings. The molecule has 18 heavy (non-hydrogen) atoms. The fourth-order valence-corrected chi connectivity index (χ4v) is 3.84. The molecule has 0 aromatic heterocycles. The zero-order chi connectivity index (χ0) is 12.6. The van der Waals surface area contributed by atoms with Crippen LogP contribution in [0.1, 0.15) is 51.4 Å². The van der Waals surface area contributed by atoms with Gasteiger partial charge in [-0.2, -0.15) is 0 Å². The molecular formula is C14H25N3O. The lowest BCUT2D eigenvalue weighted by atomic mass is 9.81. The summed E-state index contributed by atoms with van der Waals surface area (Å²) in [7, 11) is 0. The summed E-state index contributed by atoms with van der Waals surface area (Å²) in [6, 6.07) is 1.14. The van der Waals surface area contributed by atoms with Crippen LogP contribution in [0.3, 0.4) is 0 Å². The molecule has 2 heterocycles. The van der Waals surface area contributed by atoms with Crippen molar-refractivity contribution in [1.82, 2.24) is 10.2 Å². The molecule has 2 saturated heterocycles. The lowest BCUT2D eigenvalue weighted by Crippen LogP contribution is -2.57. The number of hydrogen-bond acceptors (Lipinski definition) is 3. The lowest BCUT2D eigenvalue weighted by molar-refractivity contribution is -0.138. The first-order valence-corrected chi connectivity index (χ1v) is 7.52. The maximum absolute atomic E-state index is 12.7. The minimum atomic E-state index is -0.554. The van der Waals surface area contributed by atoms with Gasteiger partial charge >= 0.3 is 0 Å². The van der Waals surface area contributed by atoms with Crippen LogP contribution in [0.15, 0.2) is 0 Å². The zero-order valence-electron chi connectivity index (χ0n) is 11.2. The van der Waals surface area contributed by atoms with Gasteiger partial charge in [0.2, 0.25) is 5.91 Å². The molecule has 0 aromatic carbocycles. The standard InChI is InChI=1S/C14H25N3O/c15-14(7-2-1-3-8-14)13(18)17-9-6-11-4-5-12(10-17)16-11/h11-12,16H,1-10,15H2. The van der Waals surface area contributed by atoms with Crippen molar-refractivity contribution >= 4 is 5.91 Å². The number of carbonyl (C=O) groups is 1. The number of fused-ring (bicyclic) bond motifs is 2. The third kappa shape index (κ3) is 2.28. The van der Waals surface area contributed by atoms with Crippen LogP contribution in [0.25, 0.3) is 0 Å². The molecule has 2 aliphatic heterocycles. The van der Waals surface area contributed by atoms with E-state index in [4.69, 9.17) is 5.73 Å². The molecule has 1 amide bonds. The Kier molecular flexibility index (Phi) is 3.32. The molecule has 0 spiro atoms. The molecule has 3 N–H and O–H groups in total. The SMILES string of the molecule is NC1(C(=O)N2CCC3CCC(C2)N3)CCCCC1. The molecule has 1 aliphatic carbocycles. The highest BCUT2D eigenvalue weighted by Crippen LogP contribution is 2.29. The van der Waals surface area contributed by atoms with Crippen LogP contribution in [0.2, 0.25) is 0 Å². The van der Waals surface area contributed by atoms with Gasteiger partial charge < -0.3 is 16.0 Å². The molecule has 2 atom stereocenters. The third-order valence-corrected chi connectivity index (χ3v) is 4.98. The van der Waals surface area contributed by atoms with Gasteiger partial charge in [-0.3, -0.25) is 4.79 Å². The van der Waals surface area contributed by atoms with Crippen LogP contribution in [0.4, 0.5) is 0 Å². The van der Waals surface area contributed by atoms with Gasteiger partial charge in [-0.05, 0) is 32.1 Å². The average molecular weight is 251 g/mol. The van der Waals surface area contributed by atoms with Gasteiger partial charge in [0.1, 0.15) is 0 Å². The van der Waals surface area contributed by atoms with Crippen LogP contribution in [0, 0.1) is 0 Å². The second-order valence-corrected chi connectivity index (χ2v) is 6.39. The summed E-state index contributed by atoms with van der Waals surface area (Å²) in [5.74, 6) is 0.219. The second kappa shape index (κ2) is 4.82. The smallest absolute Gasteiger partial charge is 0.242 e.